The van der Waals surface area contributed by atoms with Crippen LogP contribution in [0.4, 0.5) is 0 Å². The van der Waals surface area contributed by atoms with E-state index in [9.17, 15) is 13.2 Å². The van der Waals surface area contributed by atoms with E-state index in [-0.39, 0.29) is 22.7 Å². The molecule has 104 valence electrons. The van der Waals surface area contributed by atoms with Crippen molar-refractivity contribution in [3.05, 3.63) is 18.0 Å². The van der Waals surface area contributed by atoms with Crippen LogP contribution in [0.15, 0.2) is 17.2 Å². The number of hydrogen-bond acceptors (Lipinski definition) is 5. The number of aromatic nitrogens is 1. The fourth-order valence-electron chi connectivity index (χ4n) is 1.90. The van der Waals surface area contributed by atoms with Gasteiger partial charge in [0, 0.05) is 22.9 Å². The van der Waals surface area contributed by atoms with Crippen molar-refractivity contribution in [1.29, 1.82) is 0 Å². The van der Waals surface area contributed by atoms with E-state index >= 15 is 0 Å². The van der Waals surface area contributed by atoms with E-state index in [1.54, 1.807) is 4.57 Å². The number of rotatable bonds is 4. The van der Waals surface area contributed by atoms with E-state index in [0.717, 1.165) is 12.8 Å². The average molecular weight is 306 g/mol. The third-order valence-corrected chi connectivity index (χ3v) is 4.46. The number of esters is 1. The van der Waals surface area contributed by atoms with Gasteiger partial charge in [0.2, 0.25) is 0 Å². The number of nitrogens with zero attached hydrogens (tertiary/aromatic N) is 1. The maximum Gasteiger partial charge on any atom is 0.355 e. The third-order valence-electron chi connectivity index (χ3n) is 3.14. The van der Waals surface area contributed by atoms with Crippen molar-refractivity contribution in [3.63, 3.8) is 0 Å². The topological polar surface area (TPSA) is 74.6 Å². The largest absolute Gasteiger partial charge is 0.453 e. The van der Waals surface area contributed by atoms with Crippen LogP contribution < -0.4 is 0 Å². The van der Waals surface area contributed by atoms with E-state index in [2.05, 4.69) is 0 Å². The van der Waals surface area contributed by atoms with Crippen LogP contribution in [0.3, 0.4) is 0 Å². The minimum Gasteiger partial charge on any atom is -0.453 e. The zero-order chi connectivity index (χ0) is 13.6. The lowest BCUT2D eigenvalue weighted by Gasteiger charge is -2.25. The van der Waals surface area contributed by atoms with Gasteiger partial charge in [-0.25, -0.2) is 13.2 Å². The minimum atomic E-state index is -3.84. The first kappa shape index (κ1) is 13.0. The number of ether oxygens (including phenoxy) is 2. The summed E-state index contributed by atoms with van der Waals surface area (Å²) in [6.07, 6.45) is 2.99. The molecule has 8 heteroatoms. The number of hydrogen-bond donors (Lipinski definition) is 0. The Morgan fingerprint density at radius 1 is 1.42 bits per heavy atom. The normalized spacial score (nSPS) is 20.1. The van der Waals surface area contributed by atoms with Gasteiger partial charge < -0.3 is 14.0 Å². The minimum absolute atomic E-state index is 0.0714. The second kappa shape index (κ2) is 4.50. The molecule has 3 rings (SSSR count). The van der Waals surface area contributed by atoms with Gasteiger partial charge in [-0.1, -0.05) is 0 Å². The van der Waals surface area contributed by atoms with Crippen LogP contribution in [-0.2, 0) is 18.5 Å². The van der Waals surface area contributed by atoms with Crippen LogP contribution in [-0.4, -0.2) is 38.3 Å². The third kappa shape index (κ3) is 2.63. The molecule has 6 nitrogen and oxygen atoms in total. The van der Waals surface area contributed by atoms with E-state index in [4.69, 9.17) is 20.2 Å². The highest BCUT2D eigenvalue weighted by molar-refractivity contribution is 8.13. The van der Waals surface area contributed by atoms with Crippen LogP contribution in [0.1, 0.15) is 29.4 Å². The molecule has 0 amide bonds. The van der Waals surface area contributed by atoms with Gasteiger partial charge in [-0.3, -0.25) is 0 Å². The Hall–Kier alpha value is -1.05. The molecular formula is C11H12ClNO5S. The molecule has 0 spiro atoms. The fourth-order valence-corrected chi connectivity index (χ4v) is 2.64. The van der Waals surface area contributed by atoms with Crippen molar-refractivity contribution in [2.45, 2.75) is 29.9 Å². The highest BCUT2D eigenvalue weighted by Gasteiger charge is 2.32. The van der Waals surface area contributed by atoms with E-state index in [1.165, 1.54) is 12.3 Å². The Balaban J connectivity index is 1.89. The Morgan fingerprint density at radius 2 is 2.11 bits per heavy atom. The predicted molar refractivity (Wildman–Crippen MR) is 65.8 cm³/mol. The lowest BCUT2D eigenvalue weighted by atomic mass is 10.3. The molecule has 0 unspecified atom stereocenters. The van der Waals surface area contributed by atoms with Crippen molar-refractivity contribution in [3.8, 4) is 0 Å². The lowest BCUT2D eigenvalue weighted by molar-refractivity contribution is -0.103. The van der Waals surface area contributed by atoms with Crippen molar-refractivity contribution in [2.75, 3.05) is 13.2 Å². The van der Waals surface area contributed by atoms with Crippen molar-refractivity contribution in [1.82, 2.24) is 4.57 Å². The Labute approximate surface area is 114 Å². The molecule has 1 aromatic rings. The highest BCUT2D eigenvalue weighted by atomic mass is 35.7. The molecule has 2 aliphatic rings. The fraction of sp³-hybridized carbons (Fsp3) is 0.545. The number of carbonyl (C=O) groups is 1. The van der Waals surface area contributed by atoms with Crippen molar-refractivity contribution >= 4 is 25.7 Å². The zero-order valence-electron chi connectivity index (χ0n) is 9.91. The second-order valence-corrected chi connectivity index (χ2v) is 7.27. The quantitative estimate of drug-likeness (QED) is 0.619. The van der Waals surface area contributed by atoms with Gasteiger partial charge in [-0.05, 0) is 18.9 Å². The standard InChI is InChI=1S/C11H12ClNO5S/c12-19(15,16)9-3-10(13(4-9)7-1-2-7)11(14)18-8-5-17-6-8/h3-4,7-8H,1-2,5-6H2. The average Bonchev–Trinajstić information content (AvgIpc) is 3.00. The van der Waals surface area contributed by atoms with E-state index < -0.39 is 15.0 Å². The van der Waals surface area contributed by atoms with Gasteiger partial charge in [0.15, 0.2) is 0 Å². The van der Waals surface area contributed by atoms with Crippen LogP contribution in [0.2, 0.25) is 0 Å². The lowest BCUT2D eigenvalue weighted by Crippen LogP contribution is -2.38. The first-order valence-corrected chi connectivity index (χ1v) is 8.21. The molecule has 2 heterocycles. The SMILES string of the molecule is O=C(OC1COC1)c1cc(S(=O)(=O)Cl)cn1C1CC1. The molecule has 0 bridgehead atoms. The highest BCUT2D eigenvalue weighted by Crippen LogP contribution is 2.38. The van der Waals surface area contributed by atoms with Gasteiger partial charge in [0.25, 0.3) is 9.05 Å². The summed E-state index contributed by atoms with van der Waals surface area (Å²) in [6, 6.07) is 1.43. The maximum atomic E-state index is 12.0. The summed E-state index contributed by atoms with van der Waals surface area (Å²) in [6.45, 7) is 0.771. The Bertz CT molecular complexity index is 615. The molecule has 0 radical (unpaired) electrons. The Kier molecular flexibility index (Phi) is 3.07. The van der Waals surface area contributed by atoms with E-state index in [1.807, 2.05) is 0 Å². The second-order valence-electron chi connectivity index (χ2n) is 4.70. The summed E-state index contributed by atoms with van der Waals surface area (Å²) in [5.74, 6) is -0.535. The van der Waals surface area contributed by atoms with Gasteiger partial charge in [0.05, 0.1) is 13.2 Å². The number of carbonyl (C=O) groups excluding carboxylic acids is 1. The summed E-state index contributed by atoms with van der Waals surface area (Å²) in [5, 5.41) is 0. The summed E-state index contributed by atoms with van der Waals surface area (Å²) in [4.78, 5) is 11.9. The van der Waals surface area contributed by atoms with Crippen molar-refractivity contribution in [2.24, 2.45) is 0 Å². The molecule has 1 saturated heterocycles. The van der Waals surface area contributed by atoms with Gasteiger partial charge in [-0.2, -0.15) is 0 Å². The monoisotopic (exact) mass is 305 g/mol. The summed E-state index contributed by atoms with van der Waals surface area (Å²) >= 11 is 0. The summed E-state index contributed by atoms with van der Waals surface area (Å²) in [7, 11) is 1.46. The summed E-state index contributed by atoms with van der Waals surface area (Å²) in [5.41, 5.74) is 0.230. The van der Waals surface area contributed by atoms with Crippen molar-refractivity contribution < 1.29 is 22.7 Å². The molecule has 1 aliphatic carbocycles. The molecule has 0 aromatic carbocycles. The molecule has 19 heavy (non-hydrogen) atoms. The molecule has 1 aromatic heterocycles. The number of halogens is 1. The molecule has 2 fully saturated rings. The smallest absolute Gasteiger partial charge is 0.355 e. The molecule has 0 N–H and O–H groups in total. The summed E-state index contributed by atoms with van der Waals surface area (Å²) < 4.78 is 34.4. The van der Waals surface area contributed by atoms with Gasteiger partial charge in [-0.15, -0.1) is 0 Å². The molecule has 0 atom stereocenters. The molecule has 1 saturated carbocycles. The Morgan fingerprint density at radius 3 is 2.58 bits per heavy atom. The first-order valence-electron chi connectivity index (χ1n) is 5.90. The van der Waals surface area contributed by atoms with Crippen LogP contribution in [0, 0.1) is 0 Å². The van der Waals surface area contributed by atoms with Gasteiger partial charge in [0.1, 0.15) is 16.7 Å². The maximum absolute atomic E-state index is 12.0. The van der Waals surface area contributed by atoms with E-state index in [0.29, 0.717) is 13.2 Å². The zero-order valence-corrected chi connectivity index (χ0v) is 11.5. The predicted octanol–water partition coefficient (Wildman–Crippen LogP) is 1.31. The first-order chi connectivity index (χ1) is 8.95. The van der Waals surface area contributed by atoms with Gasteiger partial charge >= 0.3 is 5.97 Å². The molecule has 1 aliphatic heterocycles. The van der Waals surface area contributed by atoms with Crippen LogP contribution in [0.25, 0.3) is 0 Å². The van der Waals surface area contributed by atoms with Crippen LogP contribution in [0.5, 0.6) is 0 Å². The van der Waals surface area contributed by atoms with Crippen LogP contribution >= 0.6 is 10.7 Å². The molecular weight excluding hydrogens is 294 g/mol.